The first-order valence-corrected chi connectivity index (χ1v) is 8.57. The van der Waals surface area contributed by atoms with Crippen molar-refractivity contribution in [2.75, 3.05) is 18.5 Å². The molecule has 0 aliphatic rings. The number of nitrogens with one attached hydrogen (secondary N) is 1. The Kier molecular flexibility index (Phi) is 7.02. The third kappa shape index (κ3) is 4.81. The second-order valence-corrected chi connectivity index (χ2v) is 5.67. The number of hydrogen-bond donors (Lipinski definition) is 4. The van der Waals surface area contributed by atoms with Gasteiger partial charge in [-0.25, -0.2) is 9.18 Å². The number of oxime groups is 1. The number of carboxylic acids is 1. The van der Waals surface area contributed by atoms with E-state index >= 15 is 0 Å². The summed E-state index contributed by atoms with van der Waals surface area (Å²) in [4.78, 5) is 11.8. The topological polar surface area (TPSA) is 126 Å². The van der Waals surface area contributed by atoms with E-state index in [2.05, 4.69) is 10.5 Å². The fraction of sp³-hybridized carbons (Fsp3) is 0.263. The minimum Gasteiger partial charge on any atom is -0.494 e. The molecule has 2 rings (SSSR count). The average Bonchev–Trinajstić information content (AvgIpc) is 2.68. The number of halogens is 1. The minimum absolute atomic E-state index is 0.0845. The zero-order chi connectivity index (χ0) is 20.7. The van der Waals surface area contributed by atoms with Gasteiger partial charge in [0.05, 0.1) is 13.2 Å². The quantitative estimate of drug-likeness (QED) is 0.224. The molecular weight excluding hydrogens is 369 g/mol. The van der Waals surface area contributed by atoms with Gasteiger partial charge in [-0.1, -0.05) is 5.16 Å². The lowest BCUT2D eigenvalue weighted by Gasteiger charge is -2.19. The van der Waals surface area contributed by atoms with Gasteiger partial charge in [-0.2, -0.15) is 0 Å². The molecule has 0 heterocycles. The molecule has 8 nitrogen and oxygen atoms in total. The van der Waals surface area contributed by atoms with E-state index in [1.165, 1.54) is 36.4 Å². The summed E-state index contributed by atoms with van der Waals surface area (Å²) in [5.41, 5.74) is 6.23. The Balaban J connectivity index is 2.41. The second kappa shape index (κ2) is 9.45. The lowest BCUT2D eigenvalue weighted by atomic mass is 10.0. The normalized spacial score (nSPS) is 12.3. The number of nitrogens with zero attached hydrogens (tertiary/aromatic N) is 1. The van der Waals surface area contributed by atoms with Crippen molar-refractivity contribution in [1.82, 2.24) is 0 Å². The highest BCUT2D eigenvalue weighted by Gasteiger charge is 2.26. The predicted octanol–water partition coefficient (Wildman–Crippen LogP) is 2.96. The van der Waals surface area contributed by atoms with Crippen LogP contribution in [0.15, 0.2) is 41.6 Å². The first kappa shape index (κ1) is 20.8. The van der Waals surface area contributed by atoms with Crippen molar-refractivity contribution in [2.45, 2.75) is 19.9 Å². The van der Waals surface area contributed by atoms with Crippen LogP contribution in [0, 0.1) is 5.82 Å². The van der Waals surface area contributed by atoms with Gasteiger partial charge in [0, 0.05) is 22.9 Å². The van der Waals surface area contributed by atoms with Crippen molar-refractivity contribution in [1.29, 1.82) is 0 Å². The van der Waals surface area contributed by atoms with Crippen LogP contribution >= 0.6 is 0 Å². The van der Waals surface area contributed by atoms with Crippen molar-refractivity contribution >= 4 is 17.5 Å². The van der Waals surface area contributed by atoms with Crippen LogP contribution in [0.5, 0.6) is 11.5 Å². The second-order valence-electron chi connectivity index (χ2n) is 5.67. The molecule has 0 amide bonds. The number of benzene rings is 2. The maximum absolute atomic E-state index is 14.9. The van der Waals surface area contributed by atoms with Crippen molar-refractivity contribution < 1.29 is 29.0 Å². The third-order valence-corrected chi connectivity index (χ3v) is 3.81. The van der Waals surface area contributed by atoms with Gasteiger partial charge in [-0.05, 0) is 44.2 Å². The van der Waals surface area contributed by atoms with Gasteiger partial charge in [-0.15, -0.1) is 0 Å². The van der Waals surface area contributed by atoms with Gasteiger partial charge >= 0.3 is 5.97 Å². The van der Waals surface area contributed by atoms with Crippen LogP contribution in [-0.4, -0.2) is 35.3 Å². The standard InChI is InChI=1S/C19H22FN3O5/c1-3-27-13-9-14(16(20)15(10-13)28-4-2)17(19(24)25)22-12-7-5-11(6-8-12)18(21)23-26/h5-10,17,22,26H,3-4H2,1-2H3,(H2,21,23)(H,24,25)/t17-/m1/s1. The van der Waals surface area contributed by atoms with E-state index < -0.39 is 17.8 Å². The highest BCUT2D eigenvalue weighted by molar-refractivity contribution is 5.97. The van der Waals surface area contributed by atoms with Gasteiger partial charge in [0.2, 0.25) is 0 Å². The molecule has 5 N–H and O–H groups in total. The van der Waals surface area contributed by atoms with Crippen molar-refractivity contribution in [2.24, 2.45) is 10.9 Å². The Hall–Kier alpha value is -3.49. The summed E-state index contributed by atoms with van der Waals surface area (Å²) in [6.07, 6.45) is 0. The van der Waals surface area contributed by atoms with Crippen LogP contribution in [0.4, 0.5) is 10.1 Å². The molecule has 28 heavy (non-hydrogen) atoms. The summed E-state index contributed by atoms with van der Waals surface area (Å²) >= 11 is 0. The number of amidine groups is 1. The van der Waals surface area contributed by atoms with Crippen molar-refractivity contribution in [3.8, 4) is 11.5 Å². The zero-order valence-corrected chi connectivity index (χ0v) is 15.5. The monoisotopic (exact) mass is 391 g/mol. The average molecular weight is 391 g/mol. The number of rotatable bonds is 9. The molecular formula is C19H22FN3O5. The molecule has 0 radical (unpaired) electrons. The predicted molar refractivity (Wildman–Crippen MR) is 102 cm³/mol. The summed E-state index contributed by atoms with van der Waals surface area (Å²) in [6, 6.07) is 7.47. The molecule has 0 unspecified atom stereocenters. The number of carbonyl (C=O) groups is 1. The van der Waals surface area contributed by atoms with E-state index in [1.807, 2.05) is 0 Å². The number of aliphatic carboxylic acids is 1. The van der Waals surface area contributed by atoms with Gasteiger partial charge in [-0.3, -0.25) is 0 Å². The Labute approximate surface area is 161 Å². The molecule has 0 fully saturated rings. The first-order chi connectivity index (χ1) is 13.4. The summed E-state index contributed by atoms with van der Waals surface area (Å²) in [6.45, 7) is 4.01. The minimum atomic E-state index is -1.39. The Morgan fingerprint density at radius 1 is 1.21 bits per heavy atom. The third-order valence-electron chi connectivity index (χ3n) is 3.81. The molecule has 0 aliphatic carbocycles. The summed E-state index contributed by atoms with van der Waals surface area (Å²) < 4.78 is 25.5. The van der Waals surface area contributed by atoms with Gasteiger partial charge in [0.25, 0.3) is 0 Å². The largest absolute Gasteiger partial charge is 0.494 e. The number of carboxylic acid groups (broad SMARTS) is 1. The van der Waals surface area contributed by atoms with Crippen molar-refractivity contribution in [3.05, 3.63) is 53.3 Å². The molecule has 1 atom stereocenters. The van der Waals surface area contributed by atoms with Crippen LogP contribution in [0.2, 0.25) is 0 Å². The van der Waals surface area contributed by atoms with Crippen LogP contribution < -0.4 is 20.5 Å². The van der Waals surface area contributed by atoms with E-state index in [0.717, 1.165) is 0 Å². The van der Waals surface area contributed by atoms with Crippen molar-refractivity contribution in [3.63, 3.8) is 0 Å². The number of nitrogens with two attached hydrogens (primary N) is 1. The SMILES string of the molecule is CCOc1cc(OCC)c(F)c([C@@H](Nc2ccc(/C(N)=N/O)cc2)C(=O)O)c1. The summed E-state index contributed by atoms with van der Waals surface area (Å²) in [7, 11) is 0. The highest BCUT2D eigenvalue weighted by Crippen LogP contribution is 2.33. The number of ether oxygens (including phenoxy) is 2. The smallest absolute Gasteiger partial charge is 0.330 e. The molecule has 0 aliphatic heterocycles. The molecule has 0 aromatic heterocycles. The van der Waals surface area contributed by atoms with Crippen LogP contribution in [-0.2, 0) is 4.79 Å². The van der Waals surface area contributed by atoms with E-state index in [9.17, 15) is 14.3 Å². The van der Waals surface area contributed by atoms with Gasteiger partial charge in [0.1, 0.15) is 5.75 Å². The molecule has 2 aromatic carbocycles. The molecule has 150 valence electrons. The summed E-state index contributed by atoms with van der Waals surface area (Å²) in [5, 5.41) is 24.0. The Bertz CT molecular complexity index is 855. The maximum atomic E-state index is 14.9. The number of anilines is 1. The lowest BCUT2D eigenvalue weighted by Crippen LogP contribution is -2.22. The summed E-state index contributed by atoms with van der Waals surface area (Å²) in [5.74, 6) is -1.93. The molecule has 0 bridgehead atoms. The zero-order valence-electron chi connectivity index (χ0n) is 15.5. The van der Waals surface area contributed by atoms with Crippen LogP contribution in [0.25, 0.3) is 0 Å². The first-order valence-electron chi connectivity index (χ1n) is 8.57. The fourth-order valence-corrected chi connectivity index (χ4v) is 2.55. The number of hydrogen-bond acceptors (Lipinski definition) is 6. The molecule has 2 aromatic rings. The fourth-order valence-electron chi connectivity index (χ4n) is 2.55. The molecule has 0 saturated heterocycles. The van der Waals surface area contributed by atoms with Gasteiger partial charge in [0.15, 0.2) is 23.4 Å². The Morgan fingerprint density at radius 3 is 2.39 bits per heavy atom. The van der Waals surface area contributed by atoms with E-state index in [1.54, 1.807) is 13.8 Å². The van der Waals surface area contributed by atoms with E-state index in [4.69, 9.17) is 20.4 Å². The molecule has 0 saturated carbocycles. The Morgan fingerprint density at radius 2 is 1.86 bits per heavy atom. The van der Waals surface area contributed by atoms with E-state index in [-0.39, 0.29) is 23.8 Å². The van der Waals surface area contributed by atoms with Crippen LogP contribution in [0.3, 0.4) is 0 Å². The maximum Gasteiger partial charge on any atom is 0.330 e. The van der Waals surface area contributed by atoms with E-state index in [0.29, 0.717) is 23.6 Å². The molecule has 9 heteroatoms. The lowest BCUT2D eigenvalue weighted by molar-refractivity contribution is -0.138. The molecule has 0 spiro atoms. The van der Waals surface area contributed by atoms with Crippen LogP contribution in [0.1, 0.15) is 31.0 Å². The highest BCUT2D eigenvalue weighted by atomic mass is 19.1. The van der Waals surface area contributed by atoms with Gasteiger partial charge < -0.3 is 30.8 Å².